The number of halogens is 1. The summed E-state index contributed by atoms with van der Waals surface area (Å²) in [6.07, 6.45) is -0.276. The summed E-state index contributed by atoms with van der Waals surface area (Å²) < 4.78 is 29.6. The molecule has 3 unspecified atom stereocenters. The third-order valence-electron chi connectivity index (χ3n) is 4.44. The summed E-state index contributed by atoms with van der Waals surface area (Å²) >= 11 is 0. The standard InChI is InChI=1S/C20H32FNO6/c1-13(2)15(20(24)25)10-18(23)17(22)12-27-11-14-5-6-16(21)19(9-14)28-8-4-7-26-3/h5-6,9,13,15,17-18,23H,4,7-8,10-12,22H2,1-3H3,(H,24,25). The van der Waals surface area contributed by atoms with Gasteiger partial charge in [0.05, 0.1) is 37.9 Å². The Hall–Kier alpha value is -1.74. The highest BCUT2D eigenvalue weighted by atomic mass is 19.1. The molecule has 1 aromatic carbocycles. The van der Waals surface area contributed by atoms with E-state index in [4.69, 9.17) is 19.9 Å². The van der Waals surface area contributed by atoms with Gasteiger partial charge in [-0.3, -0.25) is 4.79 Å². The minimum absolute atomic E-state index is 0.0486. The molecule has 1 aromatic rings. The van der Waals surface area contributed by atoms with Crippen LogP contribution < -0.4 is 10.5 Å². The number of carboxylic acids is 1. The van der Waals surface area contributed by atoms with Crippen molar-refractivity contribution in [1.82, 2.24) is 0 Å². The molecule has 0 amide bonds. The van der Waals surface area contributed by atoms with Crippen molar-refractivity contribution in [3.63, 3.8) is 0 Å². The Morgan fingerprint density at radius 1 is 1.29 bits per heavy atom. The molecule has 28 heavy (non-hydrogen) atoms. The number of aliphatic carboxylic acids is 1. The zero-order valence-electron chi connectivity index (χ0n) is 16.8. The number of aliphatic hydroxyl groups excluding tert-OH is 1. The highest BCUT2D eigenvalue weighted by Crippen LogP contribution is 2.21. The molecule has 0 heterocycles. The largest absolute Gasteiger partial charge is 0.490 e. The van der Waals surface area contributed by atoms with Crippen LogP contribution in [0.25, 0.3) is 0 Å². The van der Waals surface area contributed by atoms with E-state index < -0.39 is 29.9 Å². The maximum Gasteiger partial charge on any atom is 0.306 e. The molecule has 0 aliphatic carbocycles. The molecule has 0 bridgehead atoms. The Balaban J connectivity index is 2.48. The first-order chi connectivity index (χ1) is 13.3. The second kappa shape index (κ2) is 12.7. The van der Waals surface area contributed by atoms with Gasteiger partial charge in [-0.1, -0.05) is 19.9 Å². The molecular formula is C20H32FNO6. The SMILES string of the molecule is COCCCOc1cc(COCC(N)C(O)CC(C(=O)O)C(C)C)ccc1F. The number of rotatable bonds is 14. The zero-order chi connectivity index (χ0) is 21.1. The number of carboxylic acid groups (broad SMARTS) is 1. The van der Waals surface area contributed by atoms with Crippen LogP contribution in [0, 0.1) is 17.7 Å². The highest BCUT2D eigenvalue weighted by molar-refractivity contribution is 5.70. The van der Waals surface area contributed by atoms with Crippen LogP contribution in [-0.4, -0.2) is 55.3 Å². The predicted octanol–water partition coefficient (Wildman–Crippen LogP) is 2.19. The van der Waals surface area contributed by atoms with Crippen LogP contribution in [0.4, 0.5) is 4.39 Å². The third-order valence-corrected chi connectivity index (χ3v) is 4.44. The van der Waals surface area contributed by atoms with Crippen LogP contribution in [-0.2, 0) is 20.9 Å². The molecule has 0 saturated carbocycles. The van der Waals surface area contributed by atoms with E-state index in [0.29, 0.717) is 25.2 Å². The van der Waals surface area contributed by atoms with Gasteiger partial charge in [0.2, 0.25) is 0 Å². The van der Waals surface area contributed by atoms with Crippen molar-refractivity contribution in [2.45, 2.75) is 45.4 Å². The molecule has 0 aromatic heterocycles. The van der Waals surface area contributed by atoms with E-state index in [-0.39, 0.29) is 31.3 Å². The molecule has 160 valence electrons. The van der Waals surface area contributed by atoms with Gasteiger partial charge in [-0.05, 0) is 30.0 Å². The quantitative estimate of drug-likeness (QED) is 0.410. The first kappa shape index (κ1) is 24.3. The van der Waals surface area contributed by atoms with Crippen LogP contribution in [0.2, 0.25) is 0 Å². The van der Waals surface area contributed by atoms with Gasteiger partial charge in [0, 0.05) is 20.1 Å². The first-order valence-electron chi connectivity index (χ1n) is 9.40. The summed E-state index contributed by atoms with van der Waals surface area (Å²) in [7, 11) is 1.59. The van der Waals surface area contributed by atoms with Crippen LogP contribution in [0.15, 0.2) is 18.2 Å². The molecular weight excluding hydrogens is 369 g/mol. The van der Waals surface area contributed by atoms with Gasteiger partial charge in [-0.25, -0.2) is 4.39 Å². The third kappa shape index (κ3) is 8.52. The summed E-state index contributed by atoms with van der Waals surface area (Å²) in [5.74, 6) is -2.05. The Morgan fingerprint density at radius 2 is 2.00 bits per heavy atom. The number of hydrogen-bond donors (Lipinski definition) is 3. The molecule has 0 saturated heterocycles. The van der Waals surface area contributed by atoms with Crippen LogP contribution in [0.3, 0.4) is 0 Å². The summed E-state index contributed by atoms with van der Waals surface area (Å²) in [5.41, 5.74) is 6.62. The highest BCUT2D eigenvalue weighted by Gasteiger charge is 2.27. The monoisotopic (exact) mass is 401 g/mol. The van der Waals surface area contributed by atoms with E-state index in [1.165, 1.54) is 6.07 Å². The molecule has 0 aliphatic rings. The molecule has 4 N–H and O–H groups in total. The molecule has 0 fully saturated rings. The van der Waals surface area contributed by atoms with Crippen molar-refractivity contribution >= 4 is 5.97 Å². The van der Waals surface area contributed by atoms with Crippen molar-refractivity contribution in [1.29, 1.82) is 0 Å². The number of benzene rings is 1. The Bertz CT molecular complexity index is 598. The molecule has 0 spiro atoms. The summed E-state index contributed by atoms with van der Waals surface area (Å²) in [5, 5.41) is 19.4. The van der Waals surface area contributed by atoms with E-state index in [0.717, 1.165) is 0 Å². The summed E-state index contributed by atoms with van der Waals surface area (Å²) in [4.78, 5) is 11.2. The number of nitrogens with two attached hydrogens (primary N) is 1. The lowest BCUT2D eigenvalue weighted by atomic mass is 9.88. The van der Waals surface area contributed by atoms with Gasteiger partial charge < -0.3 is 30.2 Å². The zero-order valence-corrected chi connectivity index (χ0v) is 16.8. The predicted molar refractivity (Wildman–Crippen MR) is 103 cm³/mol. The van der Waals surface area contributed by atoms with Crippen molar-refractivity contribution in [2.24, 2.45) is 17.6 Å². The van der Waals surface area contributed by atoms with Gasteiger partial charge >= 0.3 is 5.97 Å². The van der Waals surface area contributed by atoms with E-state index in [1.807, 2.05) is 0 Å². The lowest BCUT2D eigenvalue weighted by Gasteiger charge is -2.24. The van der Waals surface area contributed by atoms with Crippen LogP contribution in [0.1, 0.15) is 32.3 Å². The van der Waals surface area contributed by atoms with Crippen molar-refractivity contribution in [2.75, 3.05) is 26.9 Å². The van der Waals surface area contributed by atoms with Gasteiger partial charge in [0.1, 0.15) is 0 Å². The van der Waals surface area contributed by atoms with Crippen LogP contribution in [0.5, 0.6) is 5.75 Å². The smallest absolute Gasteiger partial charge is 0.306 e. The lowest BCUT2D eigenvalue weighted by Crippen LogP contribution is -2.41. The fourth-order valence-electron chi connectivity index (χ4n) is 2.65. The molecule has 0 aliphatic heterocycles. The number of carbonyl (C=O) groups is 1. The van der Waals surface area contributed by atoms with E-state index in [1.54, 1.807) is 33.1 Å². The Labute approximate surface area is 165 Å². The average molecular weight is 401 g/mol. The number of ether oxygens (including phenoxy) is 3. The fraction of sp³-hybridized carbons (Fsp3) is 0.650. The van der Waals surface area contributed by atoms with Gasteiger partial charge in [-0.15, -0.1) is 0 Å². The number of methoxy groups -OCH3 is 1. The lowest BCUT2D eigenvalue weighted by molar-refractivity contribution is -0.144. The summed E-state index contributed by atoms with van der Waals surface area (Å²) in [6.45, 7) is 4.67. The maximum atomic E-state index is 13.8. The average Bonchev–Trinajstić information content (AvgIpc) is 2.64. The fourth-order valence-corrected chi connectivity index (χ4v) is 2.65. The Kier molecular flexibility index (Phi) is 11.0. The van der Waals surface area contributed by atoms with Crippen molar-refractivity contribution in [3.8, 4) is 5.75 Å². The minimum Gasteiger partial charge on any atom is -0.490 e. The van der Waals surface area contributed by atoms with Gasteiger partial charge in [0.15, 0.2) is 11.6 Å². The molecule has 7 nitrogen and oxygen atoms in total. The Morgan fingerprint density at radius 3 is 2.61 bits per heavy atom. The number of aliphatic hydroxyl groups is 1. The normalized spacial score (nSPS) is 14.7. The van der Waals surface area contributed by atoms with Crippen molar-refractivity contribution < 1.29 is 33.6 Å². The van der Waals surface area contributed by atoms with E-state index in [9.17, 15) is 19.4 Å². The molecule has 8 heteroatoms. The van der Waals surface area contributed by atoms with Crippen LogP contribution >= 0.6 is 0 Å². The molecule has 3 atom stereocenters. The molecule has 0 radical (unpaired) electrons. The second-order valence-corrected chi connectivity index (χ2v) is 7.13. The van der Waals surface area contributed by atoms with Crippen molar-refractivity contribution in [3.05, 3.63) is 29.6 Å². The van der Waals surface area contributed by atoms with Gasteiger partial charge in [0.25, 0.3) is 0 Å². The molecule has 1 rings (SSSR count). The van der Waals surface area contributed by atoms with Gasteiger partial charge in [-0.2, -0.15) is 0 Å². The first-order valence-corrected chi connectivity index (χ1v) is 9.40. The second-order valence-electron chi connectivity index (χ2n) is 7.13. The minimum atomic E-state index is -0.989. The van der Waals surface area contributed by atoms with E-state index in [2.05, 4.69) is 0 Å². The van der Waals surface area contributed by atoms with E-state index >= 15 is 0 Å². The summed E-state index contributed by atoms with van der Waals surface area (Å²) in [6, 6.07) is 3.73. The maximum absolute atomic E-state index is 13.8. The number of hydrogen-bond acceptors (Lipinski definition) is 6. The topological polar surface area (TPSA) is 111 Å².